The van der Waals surface area contributed by atoms with Gasteiger partial charge < -0.3 is 22.1 Å². The van der Waals surface area contributed by atoms with E-state index in [2.05, 4.69) is 24.1 Å². The second-order valence-electron chi connectivity index (χ2n) is 5.18. The van der Waals surface area contributed by atoms with E-state index in [9.17, 15) is 9.59 Å². The molecule has 1 atom stereocenters. The topological polar surface area (TPSA) is 110 Å². The molecule has 1 aliphatic rings. The Morgan fingerprint density at radius 1 is 1.52 bits per heavy atom. The average molecular weight is 308 g/mol. The molecule has 1 aromatic rings. The highest BCUT2D eigenvalue weighted by Crippen LogP contribution is 2.39. The molecule has 6 nitrogen and oxygen atoms in total. The monoisotopic (exact) mass is 308 g/mol. The van der Waals surface area contributed by atoms with Crippen molar-refractivity contribution in [2.75, 3.05) is 17.6 Å². The van der Waals surface area contributed by atoms with E-state index in [1.54, 1.807) is 6.08 Å². The number of hydrogen-bond acceptors (Lipinski definition) is 5. The zero-order chi connectivity index (χ0) is 15.6. The molecular formula is C14H20N4O2S. The molecule has 0 saturated heterocycles. The second-order valence-corrected chi connectivity index (χ2v) is 6.20. The van der Waals surface area contributed by atoms with Crippen molar-refractivity contribution in [1.82, 2.24) is 5.32 Å². The van der Waals surface area contributed by atoms with Crippen molar-refractivity contribution < 1.29 is 9.59 Å². The Balaban J connectivity index is 2.27. The van der Waals surface area contributed by atoms with Gasteiger partial charge in [0.2, 0.25) is 0 Å². The number of primary amides is 1. The predicted octanol–water partition coefficient (Wildman–Crippen LogP) is 1.56. The van der Waals surface area contributed by atoms with Gasteiger partial charge in [0.15, 0.2) is 0 Å². The maximum atomic E-state index is 12.0. The predicted molar refractivity (Wildman–Crippen MR) is 85.6 cm³/mol. The van der Waals surface area contributed by atoms with E-state index in [1.807, 2.05) is 0 Å². The van der Waals surface area contributed by atoms with Gasteiger partial charge in [-0.25, -0.2) is 0 Å². The fourth-order valence-electron chi connectivity index (χ4n) is 2.12. The molecule has 1 heterocycles. The van der Waals surface area contributed by atoms with Gasteiger partial charge in [-0.05, 0) is 25.7 Å². The van der Waals surface area contributed by atoms with E-state index in [0.29, 0.717) is 22.3 Å². The van der Waals surface area contributed by atoms with Gasteiger partial charge in [-0.3, -0.25) is 9.59 Å². The molecule has 114 valence electrons. The summed E-state index contributed by atoms with van der Waals surface area (Å²) in [6, 6.07) is 0.227. The minimum absolute atomic E-state index is 0.138. The smallest absolute Gasteiger partial charge is 0.263 e. The van der Waals surface area contributed by atoms with Gasteiger partial charge in [0.05, 0.1) is 11.3 Å². The Bertz CT molecular complexity index is 578. The number of anilines is 2. The van der Waals surface area contributed by atoms with Gasteiger partial charge in [0.1, 0.15) is 9.88 Å². The van der Waals surface area contributed by atoms with Gasteiger partial charge in [-0.15, -0.1) is 17.9 Å². The molecule has 1 aromatic heterocycles. The summed E-state index contributed by atoms with van der Waals surface area (Å²) in [6.07, 6.45) is 3.92. The second kappa shape index (κ2) is 6.17. The maximum Gasteiger partial charge on any atom is 0.263 e. The van der Waals surface area contributed by atoms with E-state index >= 15 is 0 Å². The quantitative estimate of drug-likeness (QED) is 0.573. The Kier molecular flexibility index (Phi) is 4.52. The van der Waals surface area contributed by atoms with Gasteiger partial charge >= 0.3 is 0 Å². The molecule has 1 saturated carbocycles. The Labute approximate surface area is 127 Å². The van der Waals surface area contributed by atoms with E-state index < -0.39 is 5.91 Å². The van der Waals surface area contributed by atoms with Crippen molar-refractivity contribution >= 4 is 33.8 Å². The van der Waals surface area contributed by atoms with Crippen molar-refractivity contribution in [2.45, 2.75) is 25.8 Å². The third-order valence-electron chi connectivity index (χ3n) is 3.49. The molecule has 6 N–H and O–H groups in total. The number of amides is 2. The first-order valence-electron chi connectivity index (χ1n) is 6.83. The summed E-state index contributed by atoms with van der Waals surface area (Å²) in [6.45, 7) is 5.92. The van der Waals surface area contributed by atoms with Crippen LogP contribution in [0.3, 0.4) is 0 Å². The lowest BCUT2D eigenvalue weighted by atomic mass is 10.2. The van der Waals surface area contributed by atoms with Gasteiger partial charge in [-0.2, -0.15) is 0 Å². The highest BCUT2D eigenvalue weighted by molar-refractivity contribution is 7.19. The van der Waals surface area contributed by atoms with Crippen molar-refractivity contribution in [3.8, 4) is 0 Å². The first-order chi connectivity index (χ1) is 9.95. The molecule has 0 radical (unpaired) electrons. The van der Waals surface area contributed by atoms with E-state index in [-0.39, 0.29) is 23.2 Å². The summed E-state index contributed by atoms with van der Waals surface area (Å²) >= 11 is 1.16. The first-order valence-corrected chi connectivity index (χ1v) is 7.65. The molecule has 0 aliphatic heterocycles. The number of thiophene rings is 1. The molecule has 1 unspecified atom stereocenters. The summed E-state index contributed by atoms with van der Waals surface area (Å²) in [4.78, 5) is 24.0. The van der Waals surface area contributed by atoms with E-state index in [4.69, 9.17) is 11.5 Å². The van der Waals surface area contributed by atoms with Crippen LogP contribution in [-0.4, -0.2) is 24.4 Å². The molecule has 0 aromatic carbocycles. The van der Waals surface area contributed by atoms with Crippen LogP contribution < -0.4 is 22.1 Å². The van der Waals surface area contributed by atoms with Crippen LogP contribution in [0.5, 0.6) is 0 Å². The standard InChI is InChI=1S/C14H20N4O2S/c1-3-6-17-13(20)11-10(15)9(12(16)19)14(21-11)18-7(2)8-4-5-8/h3,7-8,18H,1,4-6,15H2,2H3,(H2,16,19)(H,17,20). The molecule has 21 heavy (non-hydrogen) atoms. The Morgan fingerprint density at radius 3 is 2.71 bits per heavy atom. The molecule has 7 heteroatoms. The Hall–Kier alpha value is -2.02. The lowest BCUT2D eigenvalue weighted by Crippen LogP contribution is -2.23. The van der Waals surface area contributed by atoms with Crippen molar-refractivity contribution in [3.63, 3.8) is 0 Å². The molecule has 0 bridgehead atoms. The van der Waals surface area contributed by atoms with Gasteiger partial charge in [0.25, 0.3) is 11.8 Å². The van der Waals surface area contributed by atoms with Crippen LogP contribution in [0.25, 0.3) is 0 Å². The SMILES string of the molecule is C=CCNC(=O)c1sc(NC(C)C2CC2)c(C(N)=O)c1N. The van der Waals surface area contributed by atoms with Crippen LogP contribution in [0.1, 0.15) is 39.8 Å². The number of rotatable bonds is 7. The summed E-state index contributed by atoms with van der Waals surface area (Å²) in [5.74, 6) is -0.351. The van der Waals surface area contributed by atoms with Gasteiger partial charge in [0, 0.05) is 12.6 Å². The van der Waals surface area contributed by atoms with Crippen LogP contribution in [0.2, 0.25) is 0 Å². The minimum Gasteiger partial charge on any atom is -0.397 e. The normalized spacial score (nSPS) is 15.3. The summed E-state index contributed by atoms with van der Waals surface area (Å²) in [5, 5.41) is 6.49. The highest BCUT2D eigenvalue weighted by atomic mass is 32.1. The first kappa shape index (κ1) is 15.4. The number of nitrogens with one attached hydrogen (secondary N) is 2. The van der Waals surface area contributed by atoms with Crippen LogP contribution in [-0.2, 0) is 0 Å². The van der Waals surface area contributed by atoms with Crippen molar-refractivity contribution in [3.05, 3.63) is 23.1 Å². The number of hydrogen-bond donors (Lipinski definition) is 4. The third-order valence-corrected chi connectivity index (χ3v) is 4.63. The highest BCUT2D eigenvalue weighted by Gasteiger charge is 2.30. The number of nitrogen functional groups attached to an aromatic ring is 1. The average Bonchev–Trinajstić information content (AvgIpc) is 3.21. The van der Waals surface area contributed by atoms with E-state index in [1.165, 1.54) is 12.8 Å². The van der Waals surface area contributed by atoms with Crippen LogP contribution >= 0.6 is 11.3 Å². The molecule has 1 aliphatic carbocycles. The number of carbonyl (C=O) groups is 2. The number of carbonyl (C=O) groups excluding carboxylic acids is 2. The van der Waals surface area contributed by atoms with E-state index in [0.717, 1.165) is 11.3 Å². The van der Waals surface area contributed by atoms with Gasteiger partial charge in [-0.1, -0.05) is 6.08 Å². The fraction of sp³-hybridized carbons (Fsp3) is 0.429. The van der Waals surface area contributed by atoms with Crippen molar-refractivity contribution in [1.29, 1.82) is 0 Å². The Morgan fingerprint density at radius 2 is 2.19 bits per heavy atom. The fourth-order valence-corrected chi connectivity index (χ4v) is 3.26. The molecule has 0 spiro atoms. The summed E-state index contributed by atoms with van der Waals surface area (Å²) in [7, 11) is 0. The maximum absolute atomic E-state index is 12.0. The number of nitrogens with two attached hydrogens (primary N) is 2. The lowest BCUT2D eigenvalue weighted by Gasteiger charge is -2.13. The van der Waals surface area contributed by atoms with Crippen LogP contribution in [0.15, 0.2) is 12.7 Å². The van der Waals surface area contributed by atoms with Crippen molar-refractivity contribution in [2.24, 2.45) is 11.7 Å². The summed E-state index contributed by atoms with van der Waals surface area (Å²) < 4.78 is 0. The molecule has 2 amide bonds. The molecule has 1 fully saturated rings. The lowest BCUT2D eigenvalue weighted by molar-refractivity contribution is 0.0962. The molecule has 2 rings (SSSR count). The van der Waals surface area contributed by atoms with Crippen LogP contribution in [0.4, 0.5) is 10.7 Å². The molecular weight excluding hydrogens is 288 g/mol. The largest absolute Gasteiger partial charge is 0.397 e. The minimum atomic E-state index is -0.628. The third kappa shape index (κ3) is 3.36. The van der Waals surface area contributed by atoms with Crippen LogP contribution in [0, 0.1) is 5.92 Å². The zero-order valence-corrected chi connectivity index (χ0v) is 12.8. The zero-order valence-electron chi connectivity index (χ0n) is 11.9. The summed E-state index contributed by atoms with van der Waals surface area (Å²) in [5.41, 5.74) is 11.7.